The van der Waals surface area contributed by atoms with Crippen molar-refractivity contribution in [1.82, 2.24) is 5.32 Å². The van der Waals surface area contributed by atoms with Gasteiger partial charge in [-0.1, -0.05) is 20.3 Å². The van der Waals surface area contributed by atoms with E-state index in [9.17, 15) is 4.79 Å². The van der Waals surface area contributed by atoms with Crippen LogP contribution in [0.4, 0.5) is 0 Å². The van der Waals surface area contributed by atoms with Crippen LogP contribution in [0.3, 0.4) is 0 Å². The fourth-order valence-corrected chi connectivity index (χ4v) is 1.72. The largest absolute Gasteiger partial charge is 0.381 e. The van der Waals surface area contributed by atoms with Crippen LogP contribution in [0.2, 0.25) is 0 Å². The summed E-state index contributed by atoms with van der Waals surface area (Å²) in [6.45, 7) is 8.38. The number of likely N-dealkylation sites (N-methyl/N-ethyl adjacent to an activating group) is 1. The molecular formula is C13H28N2O2. The van der Waals surface area contributed by atoms with Gasteiger partial charge in [0.2, 0.25) is 5.91 Å². The molecule has 1 unspecified atom stereocenters. The van der Waals surface area contributed by atoms with E-state index in [0.717, 1.165) is 45.4 Å². The molecule has 0 aliphatic rings. The molecule has 0 spiro atoms. The Labute approximate surface area is 105 Å². The summed E-state index contributed by atoms with van der Waals surface area (Å²) in [6.07, 6.45) is 5.00. The number of nitrogens with one attached hydrogen (secondary N) is 1. The van der Waals surface area contributed by atoms with Crippen LogP contribution >= 0.6 is 0 Å². The van der Waals surface area contributed by atoms with Gasteiger partial charge in [-0.05, 0) is 39.2 Å². The van der Waals surface area contributed by atoms with E-state index in [1.807, 2.05) is 13.8 Å². The number of nitrogens with two attached hydrogens (primary N) is 1. The molecule has 102 valence electrons. The van der Waals surface area contributed by atoms with Crippen LogP contribution in [-0.2, 0) is 9.53 Å². The van der Waals surface area contributed by atoms with Crippen molar-refractivity contribution in [2.24, 2.45) is 5.73 Å². The second-order valence-electron chi connectivity index (χ2n) is 4.65. The van der Waals surface area contributed by atoms with Gasteiger partial charge >= 0.3 is 0 Å². The lowest BCUT2D eigenvalue weighted by molar-refractivity contribution is -0.124. The molecule has 0 radical (unpaired) electrons. The van der Waals surface area contributed by atoms with Crippen molar-refractivity contribution in [3.8, 4) is 0 Å². The summed E-state index contributed by atoms with van der Waals surface area (Å²) in [4.78, 5) is 11.3. The highest BCUT2D eigenvalue weighted by Crippen LogP contribution is 2.13. The van der Waals surface area contributed by atoms with Gasteiger partial charge in [-0.3, -0.25) is 4.79 Å². The minimum atomic E-state index is -0.571. The van der Waals surface area contributed by atoms with E-state index in [4.69, 9.17) is 10.5 Å². The summed E-state index contributed by atoms with van der Waals surface area (Å²) in [6, 6.07) is 0. The van der Waals surface area contributed by atoms with Crippen LogP contribution in [0.25, 0.3) is 0 Å². The van der Waals surface area contributed by atoms with Gasteiger partial charge in [-0.15, -0.1) is 0 Å². The topological polar surface area (TPSA) is 64.3 Å². The number of carbonyl (C=O) groups excluding carboxylic acids is 1. The van der Waals surface area contributed by atoms with Gasteiger partial charge in [-0.25, -0.2) is 0 Å². The molecule has 3 N–H and O–H groups in total. The molecule has 0 fully saturated rings. The van der Waals surface area contributed by atoms with Crippen molar-refractivity contribution in [1.29, 1.82) is 0 Å². The minimum Gasteiger partial charge on any atom is -0.381 e. The Morgan fingerprint density at radius 3 is 2.41 bits per heavy atom. The molecule has 0 bridgehead atoms. The monoisotopic (exact) mass is 244 g/mol. The Hall–Kier alpha value is -0.610. The van der Waals surface area contributed by atoms with Crippen LogP contribution in [0.15, 0.2) is 0 Å². The number of hydrogen-bond acceptors (Lipinski definition) is 3. The average Bonchev–Trinajstić information content (AvgIpc) is 2.28. The first-order valence-corrected chi connectivity index (χ1v) is 6.69. The maximum Gasteiger partial charge on any atom is 0.237 e. The fourth-order valence-electron chi connectivity index (χ4n) is 1.72. The summed E-state index contributed by atoms with van der Waals surface area (Å²) < 4.78 is 5.47. The third kappa shape index (κ3) is 7.34. The summed E-state index contributed by atoms with van der Waals surface area (Å²) in [5.41, 5.74) is 4.83. The number of ether oxygens (including phenoxy) is 1. The summed E-state index contributed by atoms with van der Waals surface area (Å²) >= 11 is 0. The zero-order valence-electron chi connectivity index (χ0n) is 11.6. The molecule has 1 atom stereocenters. The summed E-state index contributed by atoms with van der Waals surface area (Å²) in [7, 11) is 0. The molecule has 0 rings (SSSR count). The Bertz CT molecular complexity index is 210. The number of hydrogen-bond donors (Lipinski definition) is 2. The quantitative estimate of drug-likeness (QED) is 0.545. The predicted molar refractivity (Wildman–Crippen MR) is 70.9 cm³/mol. The lowest BCUT2D eigenvalue weighted by Crippen LogP contribution is -2.52. The summed E-state index contributed by atoms with van der Waals surface area (Å²) in [5, 5.41) is 3.15. The normalized spacial score (nSPS) is 14.5. The molecule has 17 heavy (non-hydrogen) atoms. The van der Waals surface area contributed by atoms with Gasteiger partial charge in [0.15, 0.2) is 0 Å². The molecule has 4 nitrogen and oxygen atoms in total. The Morgan fingerprint density at radius 1 is 1.24 bits per heavy atom. The van der Waals surface area contributed by atoms with Crippen molar-refractivity contribution < 1.29 is 9.53 Å². The van der Waals surface area contributed by atoms with Gasteiger partial charge < -0.3 is 15.8 Å². The average molecular weight is 244 g/mol. The highest BCUT2D eigenvalue weighted by atomic mass is 16.5. The standard InChI is InChI=1S/C13H28N2O2/c1-4-6-10-17-11-8-7-9-13(3,12(14)16)15-5-2/h15H,4-11H2,1-3H3,(H2,14,16). The third-order valence-corrected chi connectivity index (χ3v) is 2.97. The molecule has 0 aliphatic heterocycles. The number of carbonyl (C=O) groups is 1. The lowest BCUT2D eigenvalue weighted by atomic mass is 9.94. The van der Waals surface area contributed by atoms with E-state index in [1.54, 1.807) is 0 Å². The van der Waals surface area contributed by atoms with Gasteiger partial charge in [0, 0.05) is 13.2 Å². The molecule has 0 aromatic rings. The molecular weight excluding hydrogens is 216 g/mol. The molecule has 0 saturated heterocycles. The molecule has 0 aromatic heterocycles. The second kappa shape index (κ2) is 9.42. The highest BCUT2D eigenvalue weighted by Gasteiger charge is 2.28. The Morgan fingerprint density at radius 2 is 1.88 bits per heavy atom. The lowest BCUT2D eigenvalue weighted by Gasteiger charge is -2.26. The van der Waals surface area contributed by atoms with Crippen molar-refractivity contribution in [2.45, 2.75) is 58.4 Å². The van der Waals surface area contributed by atoms with Gasteiger partial charge in [0.25, 0.3) is 0 Å². The first-order chi connectivity index (χ1) is 8.06. The highest BCUT2D eigenvalue weighted by molar-refractivity contribution is 5.84. The smallest absolute Gasteiger partial charge is 0.237 e. The molecule has 0 heterocycles. The van der Waals surface area contributed by atoms with Crippen LogP contribution in [-0.4, -0.2) is 31.2 Å². The number of primary amides is 1. The SMILES string of the molecule is CCCCOCCCCC(C)(NCC)C(N)=O. The molecule has 0 aliphatic carbocycles. The van der Waals surface area contributed by atoms with Gasteiger partial charge in [0.1, 0.15) is 0 Å². The Balaban J connectivity index is 3.65. The van der Waals surface area contributed by atoms with E-state index < -0.39 is 5.54 Å². The maximum absolute atomic E-state index is 11.3. The van der Waals surface area contributed by atoms with E-state index in [2.05, 4.69) is 12.2 Å². The molecule has 0 aromatic carbocycles. The van der Waals surface area contributed by atoms with E-state index in [0.29, 0.717) is 0 Å². The van der Waals surface area contributed by atoms with Crippen LogP contribution in [0.1, 0.15) is 52.9 Å². The number of rotatable bonds is 11. The van der Waals surface area contributed by atoms with Gasteiger partial charge in [0.05, 0.1) is 5.54 Å². The van der Waals surface area contributed by atoms with Crippen molar-refractivity contribution in [3.63, 3.8) is 0 Å². The predicted octanol–water partition coefficient (Wildman–Crippen LogP) is 1.83. The van der Waals surface area contributed by atoms with Crippen LogP contribution in [0.5, 0.6) is 0 Å². The van der Waals surface area contributed by atoms with Crippen LogP contribution < -0.4 is 11.1 Å². The molecule has 4 heteroatoms. The van der Waals surface area contributed by atoms with E-state index in [1.165, 1.54) is 6.42 Å². The molecule has 0 saturated carbocycles. The first-order valence-electron chi connectivity index (χ1n) is 6.69. The summed E-state index contributed by atoms with van der Waals surface area (Å²) in [5.74, 6) is -0.272. The number of unbranched alkanes of at least 4 members (excludes halogenated alkanes) is 2. The molecule has 1 amide bonds. The van der Waals surface area contributed by atoms with Crippen LogP contribution in [0, 0.1) is 0 Å². The van der Waals surface area contributed by atoms with Crippen molar-refractivity contribution >= 4 is 5.91 Å². The second-order valence-corrected chi connectivity index (χ2v) is 4.65. The zero-order valence-corrected chi connectivity index (χ0v) is 11.6. The van der Waals surface area contributed by atoms with E-state index >= 15 is 0 Å². The van der Waals surface area contributed by atoms with Gasteiger partial charge in [-0.2, -0.15) is 0 Å². The van der Waals surface area contributed by atoms with E-state index in [-0.39, 0.29) is 5.91 Å². The van der Waals surface area contributed by atoms with Crippen molar-refractivity contribution in [3.05, 3.63) is 0 Å². The van der Waals surface area contributed by atoms with Crippen molar-refractivity contribution in [2.75, 3.05) is 19.8 Å². The zero-order chi connectivity index (χ0) is 13.1. The first kappa shape index (κ1) is 16.4. The fraction of sp³-hybridized carbons (Fsp3) is 0.923. The Kier molecular flexibility index (Phi) is 9.09. The third-order valence-electron chi connectivity index (χ3n) is 2.97. The number of amides is 1. The maximum atomic E-state index is 11.3. The minimum absolute atomic E-state index is 0.272.